The van der Waals surface area contributed by atoms with Crippen LogP contribution in [-0.4, -0.2) is 69.8 Å². The molecule has 1 aliphatic heterocycles. The lowest BCUT2D eigenvalue weighted by atomic mass is 9.99. The molecule has 0 aromatic heterocycles. The molecule has 2 rings (SSSR count). The van der Waals surface area contributed by atoms with Crippen molar-refractivity contribution >= 4 is 11.7 Å². The van der Waals surface area contributed by atoms with Crippen LogP contribution in [0.3, 0.4) is 0 Å². The number of carbonyl (C=O) groups is 1. The van der Waals surface area contributed by atoms with Crippen molar-refractivity contribution in [2.45, 2.75) is 71.0 Å². The van der Waals surface area contributed by atoms with Crippen LogP contribution in [0, 0.1) is 5.92 Å². The minimum Gasteiger partial charge on any atom is -0.461 e. The predicted molar refractivity (Wildman–Crippen MR) is 104 cm³/mol. The Morgan fingerprint density at radius 3 is 2.41 bits per heavy atom. The number of benzene rings is 1. The average Bonchev–Trinajstić information content (AvgIpc) is 2.67. The van der Waals surface area contributed by atoms with Gasteiger partial charge in [0.15, 0.2) is 0 Å². The van der Waals surface area contributed by atoms with Crippen LogP contribution in [0.5, 0.6) is 5.75 Å². The van der Waals surface area contributed by atoms with Crippen molar-refractivity contribution in [1.29, 1.82) is 0 Å². The summed E-state index contributed by atoms with van der Waals surface area (Å²) in [5.74, 6) is -0.270. The van der Waals surface area contributed by atoms with Crippen molar-refractivity contribution in [3.63, 3.8) is 0 Å². The van der Waals surface area contributed by atoms with Gasteiger partial charge in [-0.25, -0.2) is 0 Å². The number of hydrogen-bond acceptors (Lipinski definition) is 9. The molecule has 1 aromatic rings. The molecule has 0 aliphatic carbocycles. The summed E-state index contributed by atoms with van der Waals surface area (Å²) in [6.07, 6.45) is -6.92. The second kappa shape index (κ2) is 10.2. The van der Waals surface area contributed by atoms with Crippen LogP contribution in [0.2, 0.25) is 0 Å². The Morgan fingerprint density at radius 1 is 1.14 bits per heavy atom. The van der Waals surface area contributed by atoms with Gasteiger partial charge in [0, 0.05) is 6.04 Å². The van der Waals surface area contributed by atoms with Crippen molar-refractivity contribution in [3.8, 4) is 5.75 Å². The zero-order valence-electron chi connectivity index (χ0n) is 17.1. The van der Waals surface area contributed by atoms with Gasteiger partial charge in [0.25, 0.3) is 0 Å². The van der Waals surface area contributed by atoms with Gasteiger partial charge in [-0.2, -0.15) is 0 Å². The third kappa shape index (κ3) is 6.03. The number of carbonyl (C=O) groups excluding carboxylic acids is 1. The lowest BCUT2D eigenvalue weighted by molar-refractivity contribution is -0.277. The van der Waals surface area contributed by atoms with Crippen LogP contribution >= 0.6 is 0 Å². The Hall–Kier alpha value is -1.91. The summed E-state index contributed by atoms with van der Waals surface area (Å²) in [7, 11) is 0. The molecular formula is C20H31NO8. The first-order valence-corrected chi connectivity index (χ1v) is 9.67. The fourth-order valence-electron chi connectivity index (χ4n) is 2.80. The minimum absolute atomic E-state index is 0.0456. The number of nitrogens with one attached hydrogen (secondary N) is 1. The number of aliphatic hydroxyl groups excluding tert-OH is 4. The van der Waals surface area contributed by atoms with E-state index in [2.05, 4.69) is 5.32 Å². The first-order chi connectivity index (χ1) is 13.6. The number of hydrogen-bond donors (Lipinski definition) is 5. The van der Waals surface area contributed by atoms with Gasteiger partial charge >= 0.3 is 5.97 Å². The Morgan fingerprint density at radius 2 is 1.83 bits per heavy atom. The Labute approximate surface area is 170 Å². The predicted octanol–water partition coefficient (Wildman–Crippen LogP) is 0.385. The molecule has 1 heterocycles. The van der Waals surface area contributed by atoms with E-state index in [1.54, 1.807) is 32.0 Å². The minimum atomic E-state index is -1.54. The first-order valence-electron chi connectivity index (χ1n) is 9.67. The summed E-state index contributed by atoms with van der Waals surface area (Å²) in [5, 5.41) is 42.7. The highest BCUT2D eigenvalue weighted by atomic mass is 16.7. The Bertz CT molecular complexity index is 678. The molecule has 0 bridgehead atoms. The molecule has 5 atom stereocenters. The standard InChI is InChI=1S/C20H31NO8/c1-10(2)19(26)27-9-12-5-6-13(21-11(3)4)14(7-12)28-20-18(25)17(24)16(23)15(8-22)29-20/h5-7,10-11,15-18,20-25H,8-9H2,1-4H3/t15-,16-,17+,18-,20-/m1/s1. The molecule has 1 aliphatic rings. The fourth-order valence-corrected chi connectivity index (χ4v) is 2.80. The Kier molecular flexibility index (Phi) is 8.23. The molecule has 9 heteroatoms. The normalized spacial score (nSPS) is 27.2. The van der Waals surface area contributed by atoms with Crippen LogP contribution < -0.4 is 10.1 Å². The largest absolute Gasteiger partial charge is 0.461 e. The van der Waals surface area contributed by atoms with Gasteiger partial charge in [0.2, 0.25) is 6.29 Å². The van der Waals surface area contributed by atoms with Crippen LogP contribution in [0.25, 0.3) is 0 Å². The van der Waals surface area contributed by atoms with Gasteiger partial charge in [0.1, 0.15) is 36.8 Å². The molecule has 0 amide bonds. The monoisotopic (exact) mass is 413 g/mol. The molecule has 5 N–H and O–H groups in total. The molecule has 9 nitrogen and oxygen atoms in total. The SMILES string of the molecule is CC(C)Nc1ccc(COC(=O)C(C)C)cc1O[C@@H]1O[C@H](CO)[C@@H](O)[C@H](O)[C@H]1O. The van der Waals surface area contributed by atoms with Crippen molar-refractivity contribution in [1.82, 2.24) is 0 Å². The van der Waals surface area contributed by atoms with Crippen LogP contribution in [0.15, 0.2) is 18.2 Å². The molecule has 0 spiro atoms. The van der Waals surface area contributed by atoms with Crippen molar-refractivity contribution < 1.29 is 39.4 Å². The van der Waals surface area contributed by atoms with Crippen molar-refractivity contribution in [2.24, 2.45) is 5.92 Å². The first kappa shape index (κ1) is 23.4. The van der Waals surface area contributed by atoms with E-state index < -0.39 is 37.3 Å². The van der Waals surface area contributed by atoms with E-state index in [4.69, 9.17) is 14.2 Å². The third-order valence-electron chi connectivity index (χ3n) is 4.43. The fraction of sp³-hybridized carbons (Fsp3) is 0.650. The van der Waals surface area contributed by atoms with E-state index in [-0.39, 0.29) is 24.5 Å². The smallest absolute Gasteiger partial charge is 0.308 e. The lowest BCUT2D eigenvalue weighted by Crippen LogP contribution is -2.60. The number of anilines is 1. The summed E-state index contributed by atoms with van der Waals surface area (Å²) in [6, 6.07) is 5.24. The number of ether oxygens (including phenoxy) is 3. The van der Waals surface area contributed by atoms with Crippen molar-refractivity contribution in [2.75, 3.05) is 11.9 Å². The molecule has 1 saturated heterocycles. The second-order valence-electron chi connectivity index (χ2n) is 7.71. The average molecular weight is 413 g/mol. The highest BCUT2D eigenvalue weighted by Crippen LogP contribution is 2.31. The highest BCUT2D eigenvalue weighted by molar-refractivity contribution is 5.71. The Balaban J connectivity index is 2.23. The molecule has 1 aromatic carbocycles. The summed E-state index contributed by atoms with van der Waals surface area (Å²) in [4.78, 5) is 11.7. The van der Waals surface area contributed by atoms with Crippen LogP contribution in [0.4, 0.5) is 5.69 Å². The molecule has 1 fully saturated rings. The van der Waals surface area contributed by atoms with E-state index in [0.717, 1.165) is 0 Å². The zero-order valence-corrected chi connectivity index (χ0v) is 17.1. The summed E-state index contributed by atoms with van der Waals surface area (Å²) >= 11 is 0. The second-order valence-corrected chi connectivity index (χ2v) is 7.71. The topological polar surface area (TPSA) is 138 Å². The molecule has 0 saturated carbocycles. The van der Waals surface area contributed by atoms with E-state index in [1.165, 1.54) is 0 Å². The van der Waals surface area contributed by atoms with Crippen LogP contribution in [0.1, 0.15) is 33.3 Å². The maximum atomic E-state index is 11.7. The zero-order chi connectivity index (χ0) is 21.7. The number of aliphatic hydroxyl groups is 4. The molecule has 29 heavy (non-hydrogen) atoms. The van der Waals surface area contributed by atoms with E-state index in [1.807, 2.05) is 13.8 Å². The van der Waals surface area contributed by atoms with Gasteiger partial charge < -0.3 is 40.0 Å². The third-order valence-corrected chi connectivity index (χ3v) is 4.43. The summed E-state index contributed by atoms with van der Waals surface area (Å²) in [5.41, 5.74) is 1.27. The van der Waals surface area contributed by atoms with Crippen LogP contribution in [-0.2, 0) is 20.9 Å². The summed E-state index contributed by atoms with van der Waals surface area (Å²) in [6.45, 7) is 6.86. The molecule has 0 radical (unpaired) electrons. The van der Waals surface area contributed by atoms with Gasteiger partial charge in [-0.15, -0.1) is 0 Å². The highest BCUT2D eigenvalue weighted by Gasteiger charge is 2.44. The molecular weight excluding hydrogens is 382 g/mol. The van der Waals surface area contributed by atoms with Gasteiger partial charge in [-0.3, -0.25) is 4.79 Å². The van der Waals surface area contributed by atoms with Gasteiger partial charge in [-0.05, 0) is 31.5 Å². The van der Waals surface area contributed by atoms with Gasteiger partial charge in [0.05, 0.1) is 18.2 Å². The lowest BCUT2D eigenvalue weighted by Gasteiger charge is -2.39. The van der Waals surface area contributed by atoms with E-state index in [9.17, 15) is 25.2 Å². The summed E-state index contributed by atoms with van der Waals surface area (Å²) < 4.78 is 16.4. The maximum Gasteiger partial charge on any atom is 0.308 e. The maximum absolute atomic E-state index is 11.7. The number of esters is 1. The van der Waals surface area contributed by atoms with E-state index >= 15 is 0 Å². The molecule has 0 unspecified atom stereocenters. The van der Waals surface area contributed by atoms with Gasteiger partial charge in [-0.1, -0.05) is 19.9 Å². The van der Waals surface area contributed by atoms with Crippen molar-refractivity contribution in [3.05, 3.63) is 23.8 Å². The molecule has 164 valence electrons. The quantitative estimate of drug-likeness (QED) is 0.383. The number of rotatable bonds is 8. The van der Waals surface area contributed by atoms with E-state index in [0.29, 0.717) is 17.0 Å².